The second-order valence-corrected chi connectivity index (χ2v) is 4.58. The largest absolute Gasteiger partial charge is 0.314 e. The summed E-state index contributed by atoms with van der Waals surface area (Å²) < 4.78 is 0. The quantitative estimate of drug-likeness (QED) is 0.615. The lowest BCUT2D eigenvalue weighted by Crippen LogP contribution is -2.74. The van der Waals surface area contributed by atoms with Crippen molar-refractivity contribution in [1.29, 1.82) is 0 Å². The lowest BCUT2D eigenvalue weighted by atomic mass is 9.36. The molecule has 58 valence electrons. The molecular formula is C9H17N. The smallest absolute Gasteiger partial charge is 0.0194 e. The number of hydrogen-bond donors (Lipinski definition) is 1. The molecule has 0 aromatic rings. The summed E-state index contributed by atoms with van der Waals surface area (Å²) in [5.41, 5.74) is 1.37. The highest BCUT2D eigenvalue weighted by atomic mass is 15.0. The Kier molecular flexibility index (Phi) is 1.05. The molecule has 0 radical (unpaired) electrons. The Morgan fingerprint density at radius 3 is 2.00 bits per heavy atom. The van der Waals surface area contributed by atoms with Gasteiger partial charge in [0.15, 0.2) is 0 Å². The third-order valence-electron chi connectivity index (χ3n) is 3.83. The van der Waals surface area contributed by atoms with Crippen molar-refractivity contribution in [3.05, 3.63) is 0 Å². The van der Waals surface area contributed by atoms with Crippen molar-refractivity contribution in [2.75, 3.05) is 7.05 Å². The van der Waals surface area contributed by atoms with Crippen LogP contribution in [0.5, 0.6) is 0 Å². The van der Waals surface area contributed by atoms with E-state index >= 15 is 0 Å². The van der Waals surface area contributed by atoms with Crippen molar-refractivity contribution in [3.8, 4) is 0 Å². The van der Waals surface area contributed by atoms with Crippen LogP contribution in [0.3, 0.4) is 0 Å². The molecule has 0 atom stereocenters. The summed E-state index contributed by atoms with van der Waals surface area (Å²) in [4.78, 5) is 0. The van der Waals surface area contributed by atoms with E-state index in [1.165, 1.54) is 19.3 Å². The summed E-state index contributed by atoms with van der Waals surface area (Å²) in [7, 11) is 2.10. The van der Waals surface area contributed by atoms with Gasteiger partial charge >= 0.3 is 0 Å². The van der Waals surface area contributed by atoms with Gasteiger partial charge in [-0.1, -0.05) is 13.8 Å². The molecule has 0 heterocycles. The SMILES string of the molecule is CN[C@]12C[C@@](C(C)C)(C1)C2. The van der Waals surface area contributed by atoms with Crippen molar-refractivity contribution in [2.45, 2.75) is 38.6 Å². The molecule has 3 saturated carbocycles. The maximum absolute atomic E-state index is 3.42. The van der Waals surface area contributed by atoms with E-state index in [4.69, 9.17) is 0 Å². The maximum Gasteiger partial charge on any atom is 0.0194 e. The summed E-state index contributed by atoms with van der Waals surface area (Å²) in [6.45, 7) is 4.72. The average molecular weight is 139 g/mol. The van der Waals surface area contributed by atoms with Crippen LogP contribution in [-0.4, -0.2) is 12.6 Å². The van der Waals surface area contributed by atoms with Crippen molar-refractivity contribution in [2.24, 2.45) is 11.3 Å². The third-order valence-corrected chi connectivity index (χ3v) is 3.83. The molecule has 1 heteroatoms. The Morgan fingerprint density at radius 2 is 1.70 bits per heavy atom. The second kappa shape index (κ2) is 1.58. The van der Waals surface area contributed by atoms with E-state index in [1.54, 1.807) is 0 Å². The molecule has 3 aliphatic rings. The normalized spacial score (nSPS) is 50.4. The highest BCUT2D eigenvalue weighted by Gasteiger charge is 2.67. The molecule has 0 spiro atoms. The van der Waals surface area contributed by atoms with Crippen molar-refractivity contribution in [1.82, 2.24) is 5.32 Å². The predicted molar refractivity (Wildman–Crippen MR) is 42.9 cm³/mol. The Morgan fingerprint density at radius 1 is 1.20 bits per heavy atom. The minimum Gasteiger partial charge on any atom is -0.314 e. The zero-order valence-corrected chi connectivity index (χ0v) is 7.20. The van der Waals surface area contributed by atoms with Crippen LogP contribution < -0.4 is 5.32 Å². The maximum atomic E-state index is 3.42. The highest BCUT2D eigenvalue weighted by molar-refractivity contribution is 5.23. The summed E-state index contributed by atoms with van der Waals surface area (Å²) in [6, 6.07) is 0. The molecule has 0 aliphatic heterocycles. The molecule has 3 rings (SSSR count). The Hall–Kier alpha value is -0.0400. The van der Waals surface area contributed by atoms with Crippen LogP contribution in [0.15, 0.2) is 0 Å². The van der Waals surface area contributed by atoms with Crippen LogP contribution in [-0.2, 0) is 0 Å². The topological polar surface area (TPSA) is 12.0 Å². The molecular weight excluding hydrogens is 122 g/mol. The van der Waals surface area contributed by atoms with Gasteiger partial charge in [0.1, 0.15) is 0 Å². The minimum absolute atomic E-state index is 0.601. The zero-order valence-electron chi connectivity index (χ0n) is 7.20. The van der Waals surface area contributed by atoms with Crippen molar-refractivity contribution < 1.29 is 0 Å². The lowest BCUT2D eigenvalue weighted by molar-refractivity contribution is -0.180. The fourth-order valence-electron chi connectivity index (χ4n) is 2.74. The first-order valence-corrected chi connectivity index (χ1v) is 4.31. The molecule has 0 aromatic heterocycles. The second-order valence-electron chi connectivity index (χ2n) is 4.58. The third kappa shape index (κ3) is 0.531. The van der Waals surface area contributed by atoms with E-state index in [0.717, 1.165) is 11.3 Å². The molecule has 3 fully saturated rings. The molecule has 1 nitrogen and oxygen atoms in total. The van der Waals surface area contributed by atoms with E-state index in [0.29, 0.717) is 5.54 Å². The number of rotatable bonds is 2. The molecule has 0 unspecified atom stereocenters. The minimum atomic E-state index is 0.601. The van der Waals surface area contributed by atoms with Gasteiger partial charge in [-0.05, 0) is 37.6 Å². The fraction of sp³-hybridized carbons (Fsp3) is 1.00. The Bertz CT molecular complexity index is 140. The zero-order chi connectivity index (χ0) is 7.41. The molecule has 0 aromatic carbocycles. The van der Waals surface area contributed by atoms with Crippen LogP contribution in [0.25, 0.3) is 0 Å². The van der Waals surface area contributed by atoms with Crippen molar-refractivity contribution in [3.63, 3.8) is 0 Å². The van der Waals surface area contributed by atoms with Gasteiger partial charge in [-0.25, -0.2) is 0 Å². The summed E-state index contributed by atoms with van der Waals surface area (Å²) in [6.07, 6.45) is 4.32. The predicted octanol–water partition coefficient (Wildman–Crippen LogP) is 1.78. The Balaban J connectivity index is 1.98. The molecule has 10 heavy (non-hydrogen) atoms. The Labute approximate surface area is 63.2 Å². The van der Waals surface area contributed by atoms with Gasteiger partial charge < -0.3 is 5.32 Å². The standard InChI is InChI=1S/C9H17N/c1-7(2)8-4-9(5-8,6-8)10-3/h7,10H,4-6H2,1-3H3/t8-,9-. The van der Waals surface area contributed by atoms with Crippen LogP contribution >= 0.6 is 0 Å². The molecule has 0 saturated heterocycles. The molecule has 1 N–H and O–H groups in total. The number of nitrogens with one attached hydrogen (secondary N) is 1. The van der Waals surface area contributed by atoms with Crippen LogP contribution in [0.2, 0.25) is 0 Å². The van der Waals surface area contributed by atoms with E-state index in [2.05, 4.69) is 26.2 Å². The van der Waals surface area contributed by atoms with Gasteiger partial charge in [0.05, 0.1) is 0 Å². The lowest BCUT2D eigenvalue weighted by Gasteiger charge is -2.73. The van der Waals surface area contributed by atoms with E-state index < -0.39 is 0 Å². The van der Waals surface area contributed by atoms with E-state index in [1.807, 2.05) is 0 Å². The first-order chi connectivity index (χ1) is 4.63. The average Bonchev–Trinajstić information content (AvgIpc) is 1.57. The van der Waals surface area contributed by atoms with Crippen LogP contribution in [0, 0.1) is 11.3 Å². The van der Waals surface area contributed by atoms with Gasteiger partial charge in [0.2, 0.25) is 0 Å². The first kappa shape index (κ1) is 6.66. The van der Waals surface area contributed by atoms with E-state index in [-0.39, 0.29) is 0 Å². The number of hydrogen-bond acceptors (Lipinski definition) is 1. The van der Waals surface area contributed by atoms with Crippen LogP contribution in [0.1, 0.15) is 33.1 Å². The van der Waals surface area contributed by atoms with Gasteiger partial charge in [0, 0.05) is 5.54 Å². The van der Waals surface area contributed by atoms with Crippen molar-refractivity contribution >= 4 is 0 Å². The molecule has 2 bridgehead atoms. The van der Waals surface area contributed by atoms with Gasteiger partial charge in [-0.3, -0.25) is 0 Å². The fourth-order valence-corrected chi connectivity index (χ4v) is 2.74. The van der Waals surface area contributed by atoms with Gasteiger partial charge in [0.25, 0.3) is 0 Å². The molecule has 0 amide bonds. The van der Waals surface area contributed by atoms with Crippen LogP contribution in [0.4, 0.5) is 0 Å². The highest BCUT2D eigenvalue weighted by Crippen LogP contribution is 2.70. The van der Waals surface area contributed by atoms with E-state index in [9.17, 15) is 0 Å². The van der Waals surface area contributed by atoms with Gasteiger partial charge in [-0.2, -0.15) is 0 Å². The summed E-state index contributed by atoms with van der Waals surface area (Å²) in [5.74, 6) is 0.905. The first-order valence-electron chi connectivity index (χ1n) is 4.31. The van der Waals surface area contributed by atoms with Gasteiger partial charge in [-0.15, -0.1) is 0 Å². The molecule has 3 aliphatic carbocycles. The summed E-state index contributed by atoms with van der Waals surface area (Å²) in [5, 5.41) is 3.42. The summed E-state index contributed by atoms with van der Waals surface area (Å²) >= 11 is 0. The monoisotopic (exact) mass is 139 g/mol.